The molecule has 0 radical (unpaired) electrons. The minimum atomic E-state index is -4.51. The van der Waals surface area contributed by atoms with Crippen molar-refractivity contribution < 1.29 is 18.0 Å². The van der Waals surface area contributed by atoms with Crippen LogP contribution in [0.1, 0.15) is 36.5 Å². The normalized spacial score (nSPS) is 17.9. The Morgan fingerprint density at radius 2 is 2.06 bits per heavy atom. The smallest absolute Gasteiger partial charge is 0.343 e. The summed E-state index contributed by atoms with van der Waals surface area (Å²) in [6, 6.07) is 5.99. The van der Waals surface area contributed by atoms with Crippen molar-refractivity contribution in [2.75, 3.05) is 19.6 Å². The van der Waals surface area contributed by atoms with Crippen LogP contribution < -0.4 is 10.6 Å². The molecule has 1 atom stereocenters. The van der Waals surface area contributed by atoms with E-state index in [1.807, 2.05) is 48.4 Å². The number of carbonyl (C=O) groups is 1. The maximum Gasteiger partial charge on any atom is 0.433 e. The van der Waals surface area contributed by atoms with Crippen LogP contribution in [-0.4, -0.2) is 50.9 Å². The Hall–Kier alpha value is -2.98. The molecule has 4 heterocycles. The van der Waals surface area contributed by atoms with Crippen LogP contribution in [-0.2, 0) is 23.1 Å². The van der Waals surface area contributed by atoms with Crippen LogP contribution in [0.3, 0.4) is 0 Å². The molecule has 3 aromatic heterocycles. The molecule has 10 heteroatoms. The SMILES string of the molecule is Cc1cccn2c(C(C)(C)NC(=O)[C@@H]3CNCCN3Cc3ccnc(C(F)(F)F)c3)ncc12. The number of nitrogens with zero attached hydrogens (tertiary/aromatic N) is 4. The molecule has 176 valence electrons. The van der Waals surface area contributed by atoms with Gasteiger partial charge in [0.05, 0.1) is 17.3 Å². The van der Waals surface area contributed by atoms with Crippen LogP contribution in [0.4, 0.5) is 13.2 Å². The molecule has 7 nitrogen and oxygen atoms in total. The van der Waals surface area contributed by atoms with Crippen LogP contribution >= 0.6 is 0 Å². The zero-order chi connectivity index (χ0) is 23.8. The number of hydrogen-bond acceptors (Lipinski definition) is 5. The fourth-order valence-electron chi connectivity index (χ4n) is 4.23. The van der Waals surface area contributed by atoms with E-state index in [0.29, 0.717) is 31.0 Å². The maximum atomic E-state index is 13.3. The van der Waals surface area contributed by atoms with Crippen molar-refractivity contribution in [3.05, 3.63) is 65.5 Å². The molecule has 0 aliphatic carbocycles. The fourth-order valence-corrected chi connectivity index (χ4v) is 4.23. The zero-order valence-electron chi connectivity index (χ0n) is 18.8. The van der Waals surface area contributed by atoms with Gasteiger partial charge in [-0.2, -0.15) is 13.2 Å². The third-order valence-electron chi connectivity index (χ3n) is 5.93. The van der Waals surface area contributed by atoms with Gasteiger partial charge >= 0.3 is 6.18 Å². The lowest BCUT2D eigenvalue weighted by molar-refractivity contribution is -0.141. The van der Waals surface area contributed by atoms with E-state index in [-0.39, 0.29) is 12.5 Å². The van der Waals surface area contributed by atoms with Gasteiger partial charge in [0.2, 0.25) is 5.91 Å². The summed E-state index contributed by atoms with van der Waals surface area (Å²) in [5, 5.41) is 6.30. The third-order valence-corrected chi connectivity index (χ3v) is 5.93. The molecule has 0 unspecified atom stereocenters. The average molecular weight is 461 g/mol. The van der Waals surface area contributed by atoms with Gasteiger partial charge in [0.1, 0.15) is 17.6 Å². The minimum absolute atomic E-state index is 0.207. The molecular formula is C23H27F3N6O. The molecular weight excluding hydrogens is 433 g/mol. The van der Waals surface area contributed by atoms with Crippen LogP contribution in [0, 0.1) is 6.92 Å². The number of nitrogens with one attached hydrogen (secondary N) is 2. The quantitative estimate of drug-likeness (QED) is 0.613. The Morgan fingerprint density at radius 1 is 1.27 bits per heavy atom. The van der Waals surface area contributed by atoms with Gasteiger partial charge in [-0.1, -0.05) is 6.07 Å². The molecule has 1 saturated heterocycles. The first-order valence-electron chi connectivity index (χ1n) is 10.8. The lowest BCUT2D eigenvalue weighted by atomic mass is 10.0. The Bertz CT molecular complexity index is 1160. The van der Waals surface area contributed by atoms with E-state index < -0.39 is 23.5 Å². The van der Waals surface area contributed by atoms with Crippen LogP contribution in [0.25, 0.3) is 5.52 Å². The van der Waals surface area contributed by atoms with Crippen LogP contribution in [0.2, 0.25) is 0 Å². The lowest BCUT2D eigenvalue weighted by Crippen LogP contribution is -2.59. The Labute approximate surface area is 190 Å². The summed E-state index contributed by atoms with van der Waals surface area (Å²) < 4.78 is 41.1. The number of halogens is 3. The first kappa shape index (κ1) is 23.2. The van der Waals surface area contributed by atoms with Crippen molar-refractivity contribution in [2.45, 2.75) is 45.1 Å². The molecule has 4 rings (SSSR count). The first-order valence-corrected chi connectivity index (χ1v) is 10.8. The Kier molecular flexibility index (Phi) is 6.15. The number of carbonyl (C=O) groups excluding carboxylic acids is 1. The zero-order valence-corrected chi connectivity index (χ0v) is 18.8. The van der Waals surface area contributed by atoms with E-state index in [4.69, 9.17) is 0 Å². The number of fused-ring (bicyclic) bond motifs is 1. The number of amides is 1. The highest BCUT2D eigenvalue weighted by atomic mass is 19.4. The molecule has 1 fully saturated rings. The number of pyridine rings is 2. The van der Waals surface area contributed by atoms with Crippen LogP contribution in [0.15, 0.2) is 42.9 Å². The summed E-state index contributed by atoms with van der Waals surface area (Å²) in [5.74, 6) is 0.496. The van der Waals surface area contributed by atoms with Crippen molar-refractivity contribution in [3.63, 3.8) is 0 Å². The van der Waals surface area contributed by atoms with Crippen molar-refractivity contribution in [1.29, 1.82) is 0 Å². The predicted octanol–water partition coefficient (Wildman–Crippen LogP) is 2.88. The van der Waals surface area contributed by atoms with Crippen molar-refractivity contribution in [2.24, 2.45) is 0 Å². The minimum Gasteiger partial charge on any atom is -0.343 e. The molecule has 1 aliphatic heterocycles. The predicted molar refractivity (Wildman–Crippen MR) is 117 cm³/mol. The second-order valence-corrected chi connectivity index (χ2v) is 8.88. The van der Waals surface area contributed by atoms with Crippen molar-refractivity contribution in [3.8, 4) is 0 Å². The number of aryl methyl sites for hydroxylation is 1. The maximum absolute atomic E-state index is 13.3. The topological polar surface area (TPSA) is 74.6 Å². The lowest BCUT2D eigenvalue weighted by Gasteiger charge is -2.37. The monoisotopic (exact) mass is 460 g/mol. The third kappa shape index (κ3) is 4.86. The van der Waals surface area contributed by atoms with E-state index in [0.717, 1.165) is 23.3 Å². The van der Waals surface area contributed by atoms with E-state index in [9.17, 15) is 18.0 Å². The van der Waals surface area contributed by atoms with Crippen molar-refractivity contribution in [1.82, 2.24) is 29.9 Å². The van der Waals surface area contributed by atoms with E-state index in [1.54, 1.807) is 12.3 Å². The summed E-state index contributed by atoms with van der Waals surface area (Å²) in [5.41, 5.74) is 0.816. The summed E-state index contributed by atoms with van der Waals surface area (Å²) >= 11 is 0. The Morgan fingerprint density at radius 3 is 2.82 bits per heavy atom. The second-order valence-electron chi connectivity index (χ2n) is 8.88. The molecule has 0 bridgehead atoms. The van der Waals surface area contributed by atoms with E-state index >= 15 is 0 Å². The first-order chi connectivity index (χ1) is 15.6. The van der Waals surface area contributed by atoms with Gasteiger partial charge in [0, 0.05) is 38.6 Å². The van der Waals surface area contributed by atoms with Crippen LogP contribution in [0.5, 0.6) is 0 Å². The fraction of sp³-hybridized carbons (Fsp3) is 0.435. The van der Waals surface area contributed by atoms with Gasteiger partial charge in [0.15, 0.2) is 0 Å². The molecule has 33 heavy (non-hydrogen) atoms. The molecule has 0 spiro atoms. The molecule has 0 saturated carbocycles. The average Bonchev–Trinajstić information content (AvgIpc) is 3.20. The number of rotatable bonds is 5. The number of hydrogen-bond donors (Lipinski definition) is 2. The number of alkyl halides is 3. The molecule has 2 N–H and O–H groups in total. The van der Waals surface area contributed by atoms with Gasteiger partial charge in [-0.15, -0.1) is 0 Å². The molecule has 3 aromatic rings. The summed E-state index contributed by atoms with van der Waals surface area (Å²) in [6.45, 7) is 7.59. The highest BCUT2D eigenvalue weighted by molar-refractivity contribution is 5.83. The van der Waals surface area contributed by atoms with Gasteiger partial charge in [-0.05, 0) is 50.1 Å². The van der Waals surface area contributed by atoms with E-state index in [2.05, 4.69) is 20.6 Å². The van der Waals surface area contributed by atoms with Gasteiger partial charge in [-0.3, -0.25) is 14.7 Å². The highest BCUT2D eigenvalue weighted by Gasteiger charge is 2.36. The summed E-state index contributed by atoms with van der Waals surface area (Å²) in [4.78, 5) is 23.2. The van der Waals surface area contributed by atoms with Gasteiger partial charge in [0.25, 0.3) is 0 Å². The van der Waals surface area contributed by atoms with Gasteiger partial charge in [-0.25, -0.2) is 4.98 Å². The number of aromatic nitrogens is 3. The standard InChI is InChI=1S/C23H27F3N6O/c1-15-5-4-9-32-17(15)13-29-21(32)22(2,3)30-20(33)18-12-27-8-10-31(18)14-16-6-7-28-19(11-16)23(24,25)26/h4-7,9,11,13,18,27H,8,10,12,14H2,1-3H3,(H,30,33)/t18-/m0/s1. The molecule has 0 aromatic carbocycles. The Balaban J connectivity index is 1.53. The largest absolute Gasteiger partial charge is 0.433 e. The second kappa shape index (κ2) is 8.75. The summed E-state index contributed by atoms with van der Waals surface area (Å²) in [7, 11) is 0. The molecule has 1 aliphatic rings. The number of piperazine rings is 1. The number of imidazole rings is 1. The van der Waals surface area contributed by atoms with Gasteiger partial charge < -0.3 is 15.0 Å². The molecule has 1 amide bonds. The van der Waals surface area contributed by atoms with Crippen molar-refractivity contribution >= 4 is 11.4 Å². The summed E-state index contributed by atoms with van der Waals surface area (Å²) in [6.07, 6.45) is 0.346. The highest BCUT2D eigenvalue weighted by Crippen LogP contribution is 2.28. The van der Waals surface area contributed by atoms with E-state index in [1.165, 1.54) is 0 Å².